The fourth-order valence-electron chi connectivity index (χ4n) is 4.48. The van der Waals surface area contributed by atoms with E-state index < -0.39 is 5.92 Å². The number of thiazole rings is 1. The number of carbonyl (C=O) groups is 2. The standard InChI is InChI=1S/C23H24N6O2S2/c1-2-8-28-19(26-27-23(28)32)11-17-13-33-22(24-17)25-21(31)16-10-20(30)29(12-16)18-7-6-14-4-3-5-15(14)9-18/h2,6-7,9,13,16H,1,3-5,8,10-12H2,(H,27,32)(H,24,25,31). The summed E-state index contributed by atoms with van der Waals surface area (Å²) < 4.78 is 2.39. The summed E-state index contributed by atoms with van der Waals surface area (Å²) in [7, 11) is 0. The molecule has 2 aromatic heterocycles. The molecule has 2 amide bonds. The Hall–Kier alpha value is -3.11. The van der Waals surface area contributed by atoms with Crippen molar-refractivity contribution in [1.82, 2.24) is 19.7 Å². The molecule has 8 nitrogen and oxygen atoms in total. The van der Waals surface area contributed by atoms with E-state index >= 15 is 0 Å². The van der Waals surface area contributed by atoms with Crippen LogP contribution in [-0.2, 0) is 35.4 Å². The molecule has 1 aromatic carbocycles. The van der Waals surface area contributed by atoms with Crippen molar-refractivity contribution in [3.05, 3.63) is 63.7 Å². The lowest BCUT2D eigenvalue weighted by atomic mass is 10.1. The summed E-state index contributed by atoms with van der Waals surface area (Å²) in [5, 5.41) is 12.3. The van der Waals surface area contributed by atoms with E-state index in [9.17, 15) is 9.59 Å². The minimum Gasteiger partial charge on any atom is -0.312 e. The van der Waals surface area contributed by atoms with Gasteiger partial charge >= 0.3 is 0 Å². The van der Waals surface area contributed by atoms with Crippen LogP contribution >= 0.6 is 23.6 Å². The molecular weight excluding hydrogens is 456 g/mol. The summed E-state index contributed by atoms with van der Waals surface area (Å²) in [6.45, 7) is 4.70. The number of fused-ring (bicyclic) bond motifs is 1. The average molecular weight is 481 g/mol. The predicted molar refractivity (Wildman–Crippen MR) is 130 cm³/mol. The predicted octanol–water partition coefficient (Wildman–Crippen LogP) is 3.65. The number of carbonyl (C=O) groups excluding carboxylic acids is 2. The molecule has 33 heavy (non-hydrogen) atoms. The van der Waals surface area contributed by atoms with Crippen LogP contribution in [-0.4, -0.2) is 38.1 Å². The molecule has 2 N–H and O–H groups in total. The van der Waals surface area contributed by atoms with Gasteiger partial charge in [0.2, 0.25) is 11.8 Å². The van der Waals surface area contributed by atoms with Gasteiger partial charge in [-0.3, -0.25) is 19.3 Å². The Balaban J connectivity index is 1.23. The zero-order valence-electron chi connectivity index (χ0n) is 18.0. The zero-order valence-corrected chi connectivity index (χ0v) is 19.7. The molecule has 1 unspecified atom stereocenters. The number of aryl methyl sites for hydroxylation is 2. The summed E-state index contributed by atoms with van der Waals surface area (Å²) in [6.07, 6.45) is 5.78. The molecule has 5 rings (SSSR count). The van der Waals surface area contributed by atoms with E-state index in [-0.39, 0.29) is 18.2 Å². The third-order valence-electron chi connectivity index (χ3n) is 6.16. The molecule has 2 aliphatic rings. The average Bonchev–Trinajstić information content (AvgIpc) is 3.58. The molecule has 1 atom stereocenters. The number of amides is 2. The second-order valence-electron chi connectivity index (χ2n) is 8.37. The Kier molecular flexibility index (Phi) is 5.94. The van der Waals surface area contributed by atoms with Crippen molar-refractivity contribution in [2.75, 3.05) is 16.8 Å². The first-order chi connectivity index (χ1) is 16.0. The summed E-state index contributed by atoms with van der Waals surface area (Å²) >= 11 is 6.60. The number of aromatic amines is 1. The lowest BCUT2D eigenvalue weighted by Crippen LogP contribution is -2.28. The Labute approximate surface area is 200 Å². The van der Waals surface area contributed by atoms with Crippen LogP contribution in [0.3, 0.4) is 0 Å². The number of allylic oxidation sites excluding steroid dienone is 1. The van der Waals surface area contributed by atoms with Gasteiger partial charge in [-0.15, -0.1) is 17.9 Å². The van der Waals surface area contributed by atoms with Crippen LogP contribution in [0.15, 0.2) is 36.2 Å². The van der Waals surface area contributed by atoms with E-state index in [1.54, 1.807) is 11.0 Å². The molecule has 1 aliphatic heterocycles. The van der Waals surface area contributed by atoms with Gasteiger partial charge in [0.1, 0.15) is 5.82 Å². The van der Waals surface area contributed by atoms with Crippen LogP contribution in [0.2, 0.25) is 0 Å². The Morgan fingerprint density at radius 1 is 1.36 bits per heavy atom. The van der Waals surface area contributed by atoms with Crippen LogP contribution in [0.1, 0.15) is 35.5 Å². The number of benzene rings is 1. The van der Waals surface area contributed by atoms with Gasteiger partial charge in [-0.1, -0.05) is 12.1 Å². The Morgan fingerprint density at radius 3 is 3.06 bits per heavy atom. The molecule has 3 heterocycles. The van der Waals surface area contributed by atoms with Crippen LogP contribution < -0.4 is 10.2 Å². The maximum absolute atomic E-state index is 12.9. The molecule has 3 aromatic rings. The highest BCUT2D eigenvalue weighted by Gasteiger charge is 2.35. The van der Waals surface area contributed by atoms with Crippen LogP contribution in [0, 0.1) is 10.7 Å². The number of anilines is 2. The lowest BCUT2D eigenvalue weighted by molar-refractivity contribution is -0.122. The maximum Gasteiger partial charge on any atom is 0.231 e. The molecule has 0 saturated carbocycles. The van der Waals surface area contributed by atoms with Crippen molar-refractivity contribution < 1.29 is 9.59 Å². The number of rotatable bonds is 7. The second kappa shape index (κ2) is 9.03. The van der Waals surface area contributed by atoms with Gasteiger partial charge in [0.15, 0.2) is 9.90 Å². The molecule has 0 bridgehead atoms. The fourth-order valence-corrected chi connectivity index (χ4v) is 5.42. The number of hydrogen-bond donors (Lipinski definition) is 2. The number of nitrogens with one attached hydrogen (secondary N) is 2. The molecule has 1 fully saturated rings. The van der Waals surface area contributed by atoms with E-state index in [0.29, 0.717) is 29.4 Å². The van der Waals surface area contributed by atoms with Crippen molar-refractivity contribution in [2.45, 2.75) is 38.6 Å². The summed E-state index contributed by atoms with van der Waals surface area (Å²) in [5.74, 6) is 0.164. The first-order valence-corrected chi connectivity index (χ1v) is 12.2. The van der Waals surface area contributed by atoms with Crippen LogP contribution in [0.4, 0.5) is 10.8 Å². The number of nitrogens with zero attached hydrogens (tertiary/aromatic N) is 4. The number of aromatic nitrogens is 4. The van der Waals surface area contributed by atoms with Gasteiger partial charge in [-0.25, -0.2) is 4.98 Å². The van der Waals surface area contributed by atoms with Crippen LogP contribution in [0.25, 0.3) is 0 Å². The van der Waals surface area contributed by atoms with Gasteiger partial charge in [0.25, 0.3) is 0 Å². The quantitative estimate of drug-likeness (QED) is 0.398. The minimum absolute atomic E-state index is 0.0158. The summed E-state index contributed by atoms with van der Waals surface area (Å²) in [6, 6.07) is 6.22. The highest BCUT2D eigenvalue weighted by molar-refractivity contribution is 7.71. The van der Waals surface area contributed by atoms with Gasteiger partial charge < -0.3 is 10.2 Å². The van der Waals surface area contributed by atoms with Gasteiger partial charge in [0.05, 0.1) is 18.0 Å². The van der Waals surface area contributed by atoms with Crippen LogP contribution in [0.5, 0.6) is 0 Å². The summed E-state index contributed by atoms with van der Waals surface area (Å²) in [5.41, 5.74) is 4.36. The first kappa shape index (κ1) is 21.7. The zero-order chi connectivity index (χ0) is 22.9. The van der Waals surface area contributed by atoms with Crippen molar-refractivity contribution >= 4 is 46.2 Å². The van der Waals surface area contributed by atoms with E-state index in [0.717, 1.165) is 36.5 Å². The Bertz CT molecular complexity index is 1290. The normalized spacial score (nSPS) is 17.4. The number of H-pyrrole nitrogens is 1. The highest BCUT2D eigenvalue weighted by Crippen LogP contribution is 2.31. The van der Waals surface area contributed by atoms with E-state index in [4.69, 9.17) is 12.2 Å². The third-order valence-corrected chi connectivity index (χ3v) is 7.28. The van der Waals surface area contributed by atoms with E-state index in [2.05, 4.69) is 39.2 Å². The van der Waals surface area contributed by atoms with Crippen molar-refractivity contribution in [3.63, 3.8) is 0 Å². The van der Waals surface area contributed by atoms with Crippen molar-refractivity contribution in [2.24, 2.45) is 5.92 Å². The summed E-state index contributed by atoms with van der Waals surface area (Å²) in [4.78, 5) is 31.8. The Morgan fingerprint density at radius 2 is 2.21 bits per heavy atom. The molecule has 10 heteroatoms. The van der Waals surface area contributed by atoms with Gasteiger partial charge in [-0.2, -0.15) is 5.10 Å². The monoisotopic (exact) mass is 480 g/mol. The van der Waals surface area contributed by atoms with Gasteiger partial charge in [0, 0.05) is 30.6 Å². The molecule has 0 spiro atoms. The molecule has 1 aliphatic carbocycles. The largest absolute Gasteiger partial charge is 0.312 e. The second-order valence-corrected chi connectivity index (χ2v) is 9.61. The number of hydrogen-bond acceptors (Lipinski definition) is 6. The maximum atomic E-state index is 12.9. The molecular formula is C23H24N6O2S2. The SMILES string of the molecule is C=CCn1c(Cc2csc(NC(=O)C3CC(=O)N(c4ccc5c(c4)CCC5)C3)n2)n[nH]c1=S. The lowest BCUT2D eigenvalue weighted by Gasteiger charge is -2.17. The molecule has 170 valence electrons. The minimum atomic E-state index is -0.401. The fraction of sp³-hybridized carbons (Fsp3) is 0.348. The van der Waals surface area contributed by atoms with Crippen molar-refractivity contribution in [3.8, 4) is 0 Å². The third kappa shape index (κ3) is 4.40. The van der Waals surface area contributed by atoms with Gasteiger partial charge in [-0.05, 0) is 54.7 Å². The van der Waals surface area contributed by atoms with Crippen molar-refractivity contribution in [1.29, 1.82) is 0 Å². The smallest absolute Gasteiger partial charge is 0.231 e. The highest BCUT2D eigenvalue weighted by atomic mass is 32.1. The van der Waals surface area contributed by atoms with E-state index in [1.165, 1.54) is 22.5 Å². The van der Waals surface area contributed by atoms with E-state index in [1.807, 2.05) is 16.0 Å². The molecule has 0 radical (unpaired) electrons. The first-order valence-electron chi connectivity index (χ1n) is 10.9. The topological polar surface area (TPSA) is 95.9 Å². The molecule has 1 saturated heterocycles.